The van der Waals surface area contributed by atoms with Gasteiger partial charge in [0.1, 0.15) is 0 Å². The van der Waals surface area contributed by atoms with Crippen LogP contribution in [0.15, 0.2) is 29.9 Å². The number of hydrogen-bond acceptors (Lipinski definition) is 2. The topological polar surface area (TPSA) is 27.6 Å². The number of hydrogen-bond donors (Lipinski definition) is 1. The van der Waals surface area contributed by atoms with Crippen LogP contribution in [0.1, 0.15) is 79.6 Å². The summed E-state index contributed by atoms with van der Waals surface area (Å²) in [5.74, 6) is 0.647. The third-order valence-corrected chi connectivity index (χ3v) is 5.03. The van der Waals surface area contributed by atoms with Crippen LogP contribution in [0, 0.1) is 5.92 Å². The normalized spacial score (nSPS) is 18.0. The number of likely N-dealkylation sites (tertiary alicyclic amines) is 1. The highest BCUT2D eigenvalue weighted by atomic mass is 32.1. The lowest BCUT2D eigenvalue weighted by atomic mass is 9.90. The average molecular weight is 382 g/mol. The van der Waals surface area contributed by atoms with E-state index in [1.807, 2.05) is 33.9 Å². The Balaban J connectivity index is 0. The van der Waals surface area contributed by atoms with Crippen LogP contribution in [0.3, 0.4) is 0 Å². The minimum absolute atomic E-state index is 0.612. The first-order valence-electron chi connectivity index (χ1n) is 10.4. The summed E-state index contributed by atoms with van der Waals surface area (Å²) >= 11 is 5.58. The van der Waals surface area contributed by atoms with E-state index in [-0.39, 0.29) is 0 Å². The fourth-order valence-corrected chi connectivity index (χ4v) is 3.65. The lowest BCUT2D eigenvalue weighted by molar-refractivity contribution is 0.281. The highest BCUT2D eigenvalue weighted by Gasteiger charge is 2.23. The Kier molecular flexibility index (Phi) is 19.4. The predicted octanol–water partition coefficient (Wildman–Crippen LogP) is 6.36. The molecule has 0 aromatic carbocycles. The lowest BCUT2D eigenvalue weighted by Gasteiger charge is -2.36. The molecular formula is C22H43N3S. The predicted molar refractivity (Wildman–Crippen MR) is 124 cm³/mol. The molecule has 1 heterocycles. The molecule has 0 amide bonds. The molecule has 1 N–H and O–H groups in total. The molecule has 1 saturated heterocycles. The second-order valence-corrected chi connectivity index (χ2v) is 6.49. The first kappa shape index (κ1) is 27.1. The van der Waals surface area contributed by atoms with Crippen LogP contribution in [0.4, 0.5) is 0 Å². The second-order valence-electron chi connectivity index (χ2n) is 6.10. The Morgan fingerprint density at radius 3 is 1.96 bits per heavy atom. The lowest BCUT2D eigenvalue weighted by Crippen LogP contribution is -2.48. The fraction of sp³-hybridized carbons (Fsp3) is 0.727. The zero-order valence-electron chi connectivity index (χ0n) is 18.0. The molecular weight excluding hydrogens is 338 g/mol. The molecule has 152 valence electrons. The summed E-state index contributed by atoms with van der Waals surface area (Å²) in [6, 6.07) is 0.612. The summed E-state index contributed by atoms with van der Waals surface area (Å²) in [5.41, 5.74) is 1.35. The summed E-state index contributed by atoms with van der Waals surface area (Å²) in [6.45, 7) is 21.8. The molecule has 0 aromatic heterocycles. The second kappa shape index (κ2) is 18.6. The Hall–Kier alpha value is -1.16. The van der Waals surface area contributed by atoms with Gasteiger partial charge >= 0.3 is 0 Å². The van der Waals surface area contributed by atoms with E-state index in [9.17, 15) is 0 Å². The maximum Gasteiger partial charge on any atom is 0.169 e. The van der Waals surface area contributed by atoms with Crippen LogP contribution in [0.5, 0.6) is 0 Å². The Labute approximate surface area is 169 Å². The van der Waals surface area contributed by atoms with Crippen molar-refractivity contribution in [2.75, 3.05) is 13.1 Å². The van der Waals surface area contributed by atoms with Crippen LogP contribution in [0.2, 0.25) is 0 Å². The highest BCUT2D eigenvalue weighted by Crippen LogP contribution is 2.25. The zero-order valence-corrected chi connectivity index (χ0v) is 18.8. The smallest absolute Gasteiger partial charge is 0.169 e. The van der Waals surface area contributed by atoms with Crippen LogP contribution in [-0.2, 0) is 0 Å². The van der Waals surface area contributed by atoms with Gasteiger partial charge in [-0.05, 0) is 57.5 Å². The van der Waals surface area contributed by atoms with Crippen LogP contribution in [0.25, 0.3) is 0 Å². The summed E-state index contributed by atoms with van der Waals surface area (Å²) in [4.78, 5) is 6.22. The Morgan fingerprint density at radius 2 is 1.50 bits per heavy atom. The van der Waals surface area contributed by atoms with Gasteiger partial charge < -0.3 is 10.2 Å². The average Bonchev–Trinajstić information content (AvgIpc) is 2.73. The van der Waals surface area contributed by atoms with Gasteiger partial charge in [0.15, 0.2) is 5.11 Å². The van der Waals surface area contributed by atoms with Crippen molar-refractivity contribution in [1.29, 1.82) is 0 Å². The van der Waals surface area contributed by atoms with Gasteiger partial charge in [0, 0.05) is 25.3 Å². The minimum Gasteiger partial charge on any atom is -0.360 e. The molecule has 3 nitrogen and oxygen atoms in total. The summed E-state index contributed by atoms with van der Waals surface area (Å²) in [5, 5.41) is 4.54. The third-order valence-electron chi connectivity index (χ3n) is 4.65. The van der Waals surface area contributed by atoms with Gasteiger partial charge in [0.2, 0.25) is 0 Å². The number of nitrogens with zero attached hydrogens (tertiary/aromatic N) is 2. The summed E-state index contributed by atoms with van der Waals surface area (Å²) in [6.07, 6.45) is 10.9. The monoisotopic (exact) mass is 381 g/mol. The van der Waals surface area contributed by atoms with Gasteiger partial charge in [-0.25, -0.2) is 0 Å². The molecule has 0 bridgehead atoms. The van der Waals surface area contributed by atoms with E-state index in [1.165, 1.54) is 50.5 Å². The summed E-state index contributed by atoms with van der Waals surface area (Å²) in [7, 11) is 0. The van der Waals surface area contributed by atoms with Crippen molar-refractivity contribution in [3.63, 3.8) is 0 Å². The van der Waals surface area contributed by atoms with Crippen molar-refractivity contribution in [2.45, 2.75) is 85.6 Å². The molecule has 2 aliphatic rings. The van der Waals surface area contributed by atoms with E-state index in [1.54, 1.807) is 0 Å². The van der Waals surface area contributed by atoms with E-state index in [2.05, 4.69) is 42.0 Å². The molecule has 1 aliphatic heterocycles. The van der Waals surface area contributed by atoms with Crippen molar-refractivity contribution in [3.05, 3.63) is 24.9 Å². The molecule has 2 fully saturated rings. The molecule has 1 saturated carbocycles. The number of piperidine rings is 1. The fourth-order valence-electron chi connectivity index (χ4n) is 3.30. The Bertz CT molecular complexity index is 379. The van der Waals surface area contributed by atoms with Gasteiger partial charge in [-0.3, -0.25) is 4.99 Å². The number of allylic oxidation sites excluding steroid dienone is 1. The van der Waals surface area contributed by atoms with Crippen LogP contribution < -0.4 is 5.32 Å². The van der Waals surface area contributed by atoms with E-state index in [0.29, 0.717) is 12.0 Å². The van der Waals surface area contributed by atoms with Crippen LogP contribution in [-0.4, -0.2) is 35.9 Å². The van der Waals surface area contributed by atoms with Gasteiger partial charge in [-0.15, -0.1) is 13.2 Å². The standard InChI is InChI=1S/C16H27N3S.2C2H6.C2H4/c1-13(12-17-2)14-8-10-19(11-9-14)16(20)18-15-6-4-3-5-7-15;3*1-2/h12,14-15H,2-11H2,1H3,(H,18,20);2*1-2H3;1-2H2/b13-12+;;;. The van der Waals surface area contributed by atoms with Gasteiger partial charge in [0.25, 0.3) is 0 Å². The van der Waals surface area contributed by atoms with Gasteiger partial charge in [0.05, 0.1) is 0 Å². The van der Waals surface area contributed by atoms with E-state index in [4.69, 9.17) is 12.2 Å². The number of thiocarbonyl (C=S) groups is 1. The van der Waals surface area contributed by atoms with E-state index >= 15 is 0 Å². The van der Waals surface area contributed by atoms with Gasteiger partial charge in [-0.2, -0.15) is 0 Å². The van der Waals surface area contributed by atoms with Crippen molar-refractivity contribution in [3.8, 4) is 0 Å². The Morgan fingerprint density at radius 1 is 1.00 bits per heavy atom. The van der Waals surface area contributed by atoms with Crippen molar-refractivity contribution in [2.24, 2.45) is 10.9 Å². The largest absolute Gasteiger partial charge is 0.360 e. The molecule has 0 aromatic rings. The van der Waals surface area contributed by atoms with Crippen LogP contribution >= 0.6 is 12.2 Å². The molecule has 26 heavy (non-hydrogen) atoms. The molecule has 2 rings (SSSR count). The summed E-state index contributed by atoms with van der Waals surface area (Å²) < 4.78 is 0. The molecule has 0 atom stereocenters. The van der Waals surface area contributed by atoms with Crippen molar-refractivity contribution >= 4 is 24.0 Å². The quantitative estimate of drug-likeness (QED) is 0.350. The zero-order chi connectivity index (χ0) is 20.4. The maximum atomic E-state index is 5.58. The highest BCUT2D eigenvalue weighted by molar-refractivity contribution is 7.80. The number of nitrogens with one attached hydrogen (secondary N) is 1. The molecule has 0 unspecified atom stereocenters. The molecule has 0 radical (unpaired) electrons. The van der Waals surface area contributed by atoms with Crippen molar-refractivity contribution in [1.82, 2.24) is 10.2 Å². The first-order chi connectivity index (χ1) is 12.7. The number of aliphatic imine (C=N–C) groups is 1. The first-order valence-corrected chi connectivity index (χ1v) is 10.8. The molecule has 4 heteroatoms. The maximum absolute atomic E-state index is 5.58. The van der Waals surface area contributed by atoms with E-state index in [0.717, 1.165) is 18.2 Å². The number of rotatable bonds is 3. The molecule has 1 aliphatic carbocycles. The SMILES string of the molecule is C=C.C=N/C=C(\C)C1CCN(C(=S)NC2CCCCC2)CC1.CC.CC. The molecule has 0 spiro atoms. The van der Waals surface area contributed by atoms with E-state index < -0.39 is 0 Å². The minimum atomic E-state index is 0.612. The van der Waals surface area contributed by atoms with Crippen molar-refractivity contribution < 1.29 is 0 Å². The third kappa shape index (κ3) is 10.7. The van der Waals surface area contributed by atoms with Gasteiger partial charge in [-0.1, -0.05) is 52.5 Å².